The van der Waals surface area contributed by atoms with Crippen LogP contribution in [0.1, 0.15) is 24.2 Å². The summed E-state index contributed by atoms with van der Waals surface area (Å²) >= 11 is 0. The number of nitrogens with one attached hydrogen (secondary N) is 2. The van der Waals surface area contributed by atoms with E-state index in [4.69, 9.17) is 5.11 Å². The molecule has 0 spiro atoms. The Balaban J connectivity index is 2.62. The normalized spacial score (nSPS) is 9.94. The van der Waals surface area contributed by atoms with E-state index in [1.807, 2.05) is 13.8 Å². The third-order valence-corrected chi connectivity index (χ3v) is 1.81. The second kappa shape index (κ2) is 5.16. The van der Waals surface area contributed by atoms with Crippen molar-refractivity contribution in [2.24, 2.45) is 0 Å². The second-order valence-corrected chi connectivity index (χ2v) is 3.64. The Morgan fingerprint density at radius 3 is 2.19 bits per heavy atom. The Kier molecular flexibility index (Phi) is 3.88. The molecule has 0 aliphatic carbocycles. The lowest BCUT2D eigenvalue weighted by atomic mass is 10.2. The van der Waals surface area contributed by atoms with Crippen LogP contribution in [-0.2, 0) is 0 Å². The Bertz CT molecular complexity index is 385. The molecule has 0 unspecified atom stereocenters. The number of hydrogen-bond acceptors (Lipinski definition) is 2. The number of benzene rings is 1. The number of carboxylic acid groups (broad SMARTS) is 1. The standard InChI is InChI=1S/C11H14N2O3/c1-7(2)12-11(16)13-9-5-3-8(4-6-9)10(14)15/h3-7H,1-2H3,(H,14,15)(H2,12,13,16). The van der Waals surface area contributed by atoms with E-state index in [0.717, 1.165) is 0 Å². The highest BCUT2D eigenvalue weighted by atomic mass is 16.4. The highest BCUT2D eigenvalue weighted by Crippen LogP contribution is 2.09. The summed E-state index contributed by atoms with van der Waals surface area (Å²) in [6.07, 6.45) is 0. The predicted octanol–water partition coefficient (Wildman–Crippen LogP) is 1.91. The van der Waals surface area contributed by atoms with Gasteiger partial charge in [0.05, 0.1) is 5.56 Å². The van der Waals surface area contributed by atoms with Gasteiger partial charge in [0.2, 0.25) is 0 Å². The first-order chi connectivity index (χ1) is 7.49. The third kappa shape index (κ3) is 3.61. The van der Waals surface area contributed by atoms with Crippen LogP contribution in [0.15, 0.2) is 24.3 Å². The minimum atomic E-state index is -0.988. The van der Waals surface area contributed by atoms with Crippen molar-refractivity contribution in [3.05, 3.63) is 29.8 Å². The molecular weight excluding hydrogens is 208 g/mol. The van der Waals surface area contributed by atoms with Crippen LogP contribution in [0.5, 0.6) is 0 Å². The van der Waals surface area contributed by atoms with E-state index >= 15 is 0 Å². The van der Waals surface area contributed by atoms with Crippen molar-refractivity contribution in [1.82, 2.24) is 5.32 Å². The summed E-state index contributed by atoms with van der Waals surface area (Å²) in [6.45, 7) is 3.71. The van der Waals surface area contributed by atoms with Crippen molar-refractivity contribution in [3.8, 4) is 0 Å². The lowest BCUT2D eigenvalue weighted by molar-refractivity contribution is 0.0697. The molecule has 0 aliphatic heterocycles. The van der Waals surface area contributed by atoms with Gasteiger partial charge in [0.1, 0.15) is 0 Å². The van der Waals surface area contributed by atoms with Crippen LogP contribution in [0.2, 0.25) is 0 Å². The van der Waals surface area contributed by atoms with Crippen molar-refractivity contribution in [3.63, 3.8) is 0 Å². The zero-order valence-corrected chi connectivity index (χ0v) is 9.15. The summed E-state index contributed by atoms with van der Waals surface area (Å²) in [4.78, 5) is 21.9. The summed E-state index contributed by atoms with van der Waals surface area (Å²) in [5.74, 6) is -0.988. The number of amides is 2. The maximum absolute atomic E-state index is 11.3. The van der Waals surface area contributed by atoms with E-state index < -0.39 is 5.97 Å². The van der Waals surface area contributed by atoms with Crippen LogP contribution < -0.4 is 10.6 Å². The van der Waals surface area contributed by atoms with Gasteiger partial charge in [-0.05, 0) is 38.1 Å². The molecule has 0 radical (unpaired) electrons. The van der Waals surface area contributed by atoms with Crippen molar-refractivity contribution >= 4 is 17.7 Å². The van der Waals surface area contributed by atoms with Crippen LogP contribution in [-0.4, -0.2) is 23.1 Å². The molecule has 1 aromatic carbocycles. The third-order valence-electron chi connectivity index (χ3n) is 1.81. The fourth-order valence-corrected chi connectivity index (χ4v) is 1.13. The van der Waals surface area contributed by atoms with Crippen LogP contribution in [0.3, 0.4) is 0 Å². The van der Waals surface area contributed by atoms with E-state index in [-0.39, 0.29) is 17.6 Å². The highest BCUT2D eigenvalue weighted by molar-refractivity contribution is 5.91. The SMILES string of the molecule is CC(C)NC(=O)Nc1ccc(C(=O)O)cc1. The average molecular weight is 222 g/mol. The van der Waals surface area contributed by atoms with E-state index in [1.54, 1.807) is 12.1 Å². The first kappa shape index (κ1) is 12.0. The quantitative estimate of drug-likeness (QED) is 0.731. The summed E-state index contributed by atoms with van der Waals surface area (Å²) in [7, 11) is 0. The molecule has 0 heterocycles. The van der Waals surface area contributed by atoms with Crippen LogP contribution in [0, 0.1) is 0 Å². The van der Waals surface area contributed by atoms with E-state index in [0.29, 0.717) is 5.69 Å². The largest absolute Gasteiger partial charge is 0.478 e. The van der Waals surface area contributed by atoms with E-state index in [2.05, 4.69) is 10.6 Å². The molecule has 0 aromatic heterocycles. The van der Waals surface area contributed by atoms with Gasteiger partial charge >= 0.3 is 12.0 Å². The minimum Gasteiger partial charge on any atom is -0.478 e. The molecule has 5 heteroatoms. The number of carboxylic acids is 1. The molecular formula is C11H14N2O3. The number of aromatic carboxylic acids is 1. The number of hydrogen-bond donors (Lipinski definition) is 3. The number of anilines is 1. The predicted molar refractivity (Wildman–Crippen MR) is 60.7 cm³/mol. The van der Waals surface area contributed by atoms with Gasteiger partial charge < -0.3 is 15.7 Å². The van der Waals surface area contributed by atoms with Gasteiger partial charge in [-0.2, -0.15) is 0 Å². The van der Waals surface area contributed by atoms with Crippen molar-refractivity contribution in [2.75, 3.05) is 5.32 Å². The molecule has 16 heavy (non-hydrogen) atoms. The van der Waals surface area contributed by atoms with E-state index in [9.17, 15) is 9.59 Å². The number of carbonyl (C=O) groups excluding carboxylic acids is 1. The number of rotatable bonds is 3. The lowest BCUT2D eigenvalue weighted by Crippen LogP contribution is -2.34. The van der Waals surface area contributed by atoms with Crippen molar-refractivity contribution in [1.29, 1.82) is 0 Å². The molecule has 0 saturated heterocycles. The Labute approximate surface area is 93.5 Å². The monoisotopic (exact) mass is 222 g/mol. The number of urea groups is 1. The first-order valence-electron chi connectivity index (χ1n) is 4.90. The molecule has 0 atom stereocenters. The van der Waals surface area contributed by atoms with Crippen molar-refractivity contribution < 1.29 is 14.7 Å². The van der Waals surface area contributed by atoms with Gasteiger partial charge in [0.25, 0.3) is 0 Å². The molecule has 2 amide bonds. The van der Waals surface area contributed by atoms with Gasteiger partial charge in [-0.3, -0.25) is 0 Å². The summed E-state index contributed by atoms with van der Waals surface area (Å²) in [5.41, 5.74) is 0.748. The molecule has 0 saturated carbocycles. The minimum absolute atomic E-state index is 0.0540. The van der Waals surface area contributed by atoms with E-state index in [1.165, 1.54) is 12.1 Å². The summed E-state index contributed by atoms with van der Waals surface area (Å²) < 4.78 is 0. The molecule has 1 aromatic rings. The Morgan fingerprint density at radius 2 is 1.75 bits per heavy atom. The van der Waals surface area contributed by atoms with Crippen LogP contribution >= 0.6 is 0 Å². The van der Waals surface area contributed by atoms with Gasteiger partial charge in [-0.25, -0.2) is 9.59 Å². The number of carbonyl (C=O) groups is 2. The fourth-order valence-electron chi connectivity index (χ4n) is 1.13. The van der Waals surface area contributed by atoms with Crippen LogP contribution in [0.25, 0.3) is 0 Å². The molecule has 86 valence electrons. The molecule has 5 nitrogen and oxygen atoms in total. The van der Waals surface area contributed by atoms with Gasteiger partial charge in [0, 0.05) is 11.7 Å². The first-order valence-corrected chi connectivity index (χ1v) is 4.90. The van der Waals surface area contributed by atoms with Crippen LogP contribution in [0.4, 0.5) is 10.5 Å². The van der Waals surface area contributed by atoms with Gasteiger partial charge in [-0.1, -0.05) is 0 Å². The van der Waals surface area contributed by atoms with Crippen molar-refractivity contribution in [2.45, 2.75) is 19.9 Å². The molecule has 0 fully saturated rings. The maximum atomic E-state index is 11.3. The maximum Gasteiger partial charge on any atom is 0.335 e. The molecule has 0 aliphatic rings. The zero-order valence-electron chi connectivity index (χ0n) is 9.15. The smallest absolute Gasteiger partial charge is 0.335 e. The van der Waals surface area contributed by atoms with Gasteiger partial charge in [0.15, 0.2) is 0 Å². The summed E-state index contributed by atoms with van der Waals surface area (Å²) in [5, 5.41) is 13.9. The summed E-state index contributed by atoms with van der Waals surface area (Å²) in [6, 6.07) is 5.71. The molecule has 3 N–H and O–H groups in total. The molecule has 1 rings (SSSR count). The topological polar surface area (TPSA) is 78.4 Å². The molecule has 0 bridgehead atoms. The van der Waals surface area contributed by atoms with Gasteiger partial charge in [-0.15, -0.1) is 0 Å². The lowest BCUT2D eigenvalue weighted by Gasteiger charge is -2.09. The zero-order chi connectivity index (χ0) is 12.1. The Hall–Kier alpha value is -2.04. The Morgan fingerprint density at radius 1 is 1.19 bits per heavy atom. The fraction of sp³-hybridized carbons (Fsp3) is 0.273. The average Bonchev–Trinajstić information content (AvgIpc) is 2.16. The highest BCUT2D eigenvalue weighted by Gasteiger charge is 2.05. The second-order valence-electron chi connectivity index (χ2n) is 3.64.